The van der Waals surface area contributed by atoms with E-state index in [4.69, 9.17) is 5.11 Å². The molecule has 0 saturated carbocycles. The van der Waals surface area contributed by atoms with Gasteiger partial charge >= 0.3 is 0 Å². The number of aliphatic hydroxyl groups excluding tert-OH is 1. The summed E-state index contributed by atoms with van der Waals surface area (Å²) >= 11 is 0. The average molecular weight is 212 g/mol. The van der Waals surface area contributed by atoms with Crippen molar-refractivity contribution >= 4 is 12.4 Å². The molecule has 78 valence electrons. The first-order valence-electron chi connectivity index (χ1n) is 4.97. The summed E-state index contributed by atoms with van der Waals surface area (Å²) in [5.41, 5.74) is 0. The van der Waals surface area contributed by atoms with E-state index in [0.717, 1.165) is 5.30 Å². The fourth-order valence-electron chi connectivity index (χ4n) is 1.50. The van der Waals surface area contributed by atoms with Crippen molar-refractivity contribution in [1.29, 1.82) is 0 Å². The molecule has 0 aliphatic heterocycles. The Kier molecular flexibility index (Phi) is 4.37. The maximum absolute atomic E-state index is 12.4. The highest BCUT2D eigenvalue weighted by molar-refractivity contribution is 7.71. The van der Waals surface area contributed by atoms with E-state index in [2.05, 4.69) is 0 Å². The van der Waals surface area contributed by atoms with Crippen molar-refractivity contribution in [2.75, 3.05) is 18.9 Å². The Morgan fingerprint density at radius 2 is 1.93 bits per heavy atom. The van der Waals surface area contributed by atoms with Gasteiger partial charge in [0, 0.05) is 24.2 Å². The fraction of sp³-hybridized carbons (Fsp3) is 0.455. The summed E-state index contributed by atoms with van der Waals surface area (Å²) in [7, 11) is -2.23. The number of rotatable bonds is 5. The quantitative estimate of drug-likeness (QED) is 0.759. The van der Waals surface area contributed by atoms with Crippen LogP contribution in [0, 0.1) is 0 Å². The molecule has 0 aliphatic carbocycles. The number of hydrogen-bond donors (Lipinski definition) is 1. The third-order valence-electron chi connectivity index (χ3n) is 2.42. The summed E-state index contributed by atoms with van der Waals surface area (Å²) in [6.07, 6.45) is 1.92. The Labute approximate surface area is 85.3 Å². The largest absolute Gasteiger partial charge is 0.396 e. The highest BCUT2D eigenvalue weighted by Gasteiger charge is 2.20. The Morgan fingerprint density at radius 1 is 1.29 bits per heavy atom. The molecule has 1 atom stereocenters. The molecule has 0 saturated heterocycles. The first-order valence-corrected chi connectivity index (χ1v) is 7.05. The summed E-state index contributed by atoms with van der Waals surface area (Å²) in [6, 6.07) is 9.59. The molecule has 1 unspecified atom stereocenters. The number of benzene rings is 1. The third kappa shape index (κ3) is 2.70. The van der Waals surface area contributed by atoms with Crippen LogP contribution in [0.1, 0.15) is 13.3 Å². The first-order chi connectivity index (χ1) is 6.73. The van der Waals surface area contributed by atoms with Crippen molar-refractivity contribution < 1.29 is 9.67 Å². The SMILES string of the molecule is CCP(=O)(CCCO)c1ccccc1. The van der Waals surface area contributed by atoms with Crippen LogP contribution in [0.4, 0.5) is 0 Å². The Morgan fingerprint density at radius 3 is 2.43 bits per heavy atom. The molecule has 0 radical (unpaired) electrons. The molecule has 0 aromatic heterocycles. The standard InChI is InChI=1S/C11H17O2P/c1-2-14(13,10-6-9-12)11-7-4-3-5-8-11/h3-5,7-8,12H,2,6,9-10H2,1H3. The van der Waals surface area contributed by atoms with Crippen molar-refractivity contribution in [1.82, 2.24) is 0 Å². The van der Waals surface area contributed by atoms with Crippen molar-refractivity contribution in [3.63, 3.8) is 0 Å². The second kappa shape index (κ2) is 5.33. The predicted octanol–water partition coefficient (Wildman–Crippen LogP) is 2.08. The van der Waals surface area contributed by atoms with E-state index in [0.29, 0.717) is 18.7 Å². The monoisotopic (exact) mass is 212 g/mol. The van der Waals surface area contributed by atoms with Crippen LogP contribution in [0.5, 0.6) is 0 Å². The van der Waals surface area contributed by atoms with Gasteiger partial charge in [-0.3, -0.25) is 0 Å². The molecule has 1 rings (SSSR count). The van der Waals surface area contributed by atoms with Crippen LogP contribution in [0.2, 0.25) is 0 Å². The van der Waals surface area contributed by atoms with Crippen LogP contribution in [0.25, 0.3) is 0 Å². The van der Waals surface area contributed by atoms with Gasteiger partial charge in [0.1, 0.15) is 7.14 Å². The van der Waals surface area contributed by atoms with Gasteiger partial charge in [0.15, 0.2) is 0 Å². The smallest absolute Gasteiger partial charge is 0.115 e. The highest BCUT2D eigenvalue weighted by Crippen LogP contribution is 2.44. The molecule has 1 N–H and O–H groups in total. The lowest BCUT2D eigenvalue weighted by atomic mass is 10.4. The fourth-order valence-corrected chi connectivity index (χ4v) is 3.80. The van der Waals surface area contributed by atoms with Crippen LogP contribution in [-0.4, -0.2) is 24.0 Å². The van der Waals surface area contributed by atoms with Gasteiger partial charge in [0.05, 0.1) is 0 Å². The molecular formula is C11H17O2P. The summed E-state index contributed by atoms with van der Waals surface area (Å²) in [5.74, 6) is 0. The molecular weight excluding hydrogens is 195 g/mol. The van der Waals surface area contributed by atoms with Gasteiger partial charge in [-0.1, -0.05) is 37.3 Å². The van der Waals surface area contributed by atoms with Gasteiger partial charge in [-0.15, -0.1) is 0 Å². The maximum atomic E-state index is 12.4. The van der Waals surface area contributed by atoms with Gasteiger partial charge < -0.3 is 9.67 Å². The Hall–Kier alpha value is -0.590. The van der Waals surface area contributed by atoms with E-state index in [-0.39, 0.29) is 6.61 Å². The van der Waals surface area contributed by atoms with E-state index in [1.54, 1.807) is 0 Å². The molecule has 0 heterocycles. The van der Waals surface area contributed by atoms with Crippen LogP contribution < -0.4 is 5.30 Å². The Balaban J connectivity index is 2.85. The minimum Gasteiger partial charge on any atom is -0.396 e. The highest BCUT2D eigenvalue weighted by atomic mass is 31.2. The third-order valence-corrected chi connectivity index (χ3v) is 5.71. The lowest BCUT2D eigenvalue weighted by Gasteiger charge is -2.15. The summed E-state index contributed by atoms with van der Waals surface area (Å²) in [6.45, 7) is 2.07. The van der Waals surface area contributed by atoms with Crippen molar-refractivity contribution in [3.8, 4) is 0 Å². The normalized spacial score (nSPS) is 15.0. The molecule has 0 amide bonds. The van der Waals surface area contributed by atoms with Crippen LogP contribution in [0.3, 0.4) is 0 Å². The molecule has 0 aliphatic rings. The summed E-state index contributed by atoms with van der Waals surface area (Å²) in [5, 5.41) is 9.69. The second-order valence-electron chi connectivity index (χ2n) is 3.34. The van der Waals surface area contributed by atoms with Gasteiger partial charge in [0.25, 0.3) is 0 Å². The Bertz CT molecular complexity index is 308. The molecule has 0 spiro atoms. The zero-order valence-corrected chi connectivity index (χ0v) is 9.41. The molecule has 0 bridgehead atoms. The van der Waals surface area contributed by atoms with Crippen LogP contribution in [-0.2, 0) is 4.57 Å². The topological polar surface area (TPSA) is 37.3 Å². The molecule has 3 heteroatoms. The van der Waals surface area contributed by atoms with Crippen molar-refractivity contribution in [2.45, 2.75) is 13.3 Å². The van der Waals surface area contributed by atoms with E-state index < -0.39 is 7.14 Å². The van der Waals surface area contributed by atoms with Gasteiger partial charge in [0.2, 0.25) is 0 Å². The van der Waals surface area contributed by atoms with Crippen molar-refractivity contribution in [3.05, 3.63) is 30.3 Å². The molecule has 14 heavy (non-hydrogen) atoms. The van der Waals surface area contributed by atoms with E-state index >= 15 is 0 Å². The van der Waals surface area contributed by atoms with Gasteiger partial charge in [-0.25, -0.2) is 0 Å². The van der Waals surface area contributed by atoms with Gasteiger partial charge in [-0.05, 0) is 6.42 Å². The number of hydrogen-bond acceptors (Lipinski definition) is 2. The van der Waals surface area contributed by atoms with E-state index in [9.17, 15) is 4.57 Å². The van der Waals surface area contributed by atoms with E-state index in [1.807, 2.05) is 37.3 Å². The van der Waals surface area contributed by atoms with Crippen LogP contribution >= 0.6 is 7.14 Å². The van der Waals surface area contributed by atoms with Crippen LogP contribution in [0.15, 0.2) is 30.3 Å². The molecule has 1 aromatic rings. The molecule has 2 nitrogen and oxygen atoms in total. The second-order valence-corrected chi connectivity index (χ2v) is 6.72. The number of aliphatic hydroxyl groups is 1. The minimum atomic E-state index is -2.23. The first kappa shape index (κ1) is 11.5. The summed E-state index contributed by atoms with van der Waals surface area (Å²) < 4.78 is 12.4. The minimum absolute atomic E-state index is 0.122. The molecule has 1 aromatic carbocycles. The molecule has 0 fully saturated rings. The lowest BCUT2D eigenvalue weighted by Crippen LogP contribution is -2.10. The lowest BCUT2D eigenvalue weighted by molar-refractivity contribution is 0.295. The van der Waals surface area contributed by atoms with E-state index in [1.165, 1.54) is 0 Å². The van der Waals surface area contributed by atoms with Crippen molar-refractivity contribution in [2.24, 2.45) is 0 Å². The van der Waals surface area contributed by atoms with Gasteiger partial charge in [-0.2, -0.15) is 0 Å². The predicted molar refractivity (Wildman–Crippen MR) is 60.8 cm³/mol. The average Bonchev–Trinajstić information content (AvgIpc) is 2.27. The maximum Gasteiger partial charge on any atom is 0.115 e. The summed E-state index contributed by atoms with van der Waals surface area (Å²) in [4.78, 5) is 0. The zero-order valence-electron chi connectivity index (χ0n) is 8.52. The zero-order chi connectivity index (χ0) is 10.4.